The molecule has 2 aromatic carbocycles. The van der Waals surface area contributed by atoms with Gasteiger partial charge in [-0.25, -0.2) is 13.6 Å². The lowest BCUT2D eigenvalue weighted by Crippen LogP contribution is -2.46. The average molecular weight is 473 g/mol. The second kappa shape index (κ2) is 9.70. The van der Waals surface area contributed by atoms with Crippen LogP contribution in [0.25, 0.3) is 0 Å². The highest BCUT2D eigenvalue weighted by Crippen LogP contribution is 2.37. The molecule has 2 amide bonds. The SMILES string of the molecule is CC(C)(C)OC(=O)N1CCO[C@@H](C(=O)N2CCc3ccccc3[C@@H]2c2ccc(F)cc2F)CC1. The zero-order valence-electron chi connectivity index (χ0n) is 19.7. The molecule has 0 N–H and O–H groups in total. The number of ether oxygens (including phenoxy) is 2. The maximum atomic E-state index is 14.9. The van der Waals surface area contributed by atoms with Gasteiger partial charge in [0, 0.05) is 37.7 Å². The van der Waals surface area contributed by atoms with E-state index in [1.165, 1.54) is 12.1 Å². The Bertz CT molecular complexity index is 1070. The monoisotopic (exact) mass is 472 g/mol. The fourth-order valence-electron chi connectivity index (χ4n) is 4.52. The second-order valence-electron chi connectivity index (χ2n) is 9.66. The highest BCUT2D eigenvalue weighted by Gasteiger charge is 2.38. The van der Waals surface area contributed by atoms with Gasteiger partial charge in [-0.3, -0.25) is 4.79 Å². The first kappa shape index (κ1) is 24.1. The van der Waals surface area contributed by atoms with E-state index in [4.69, 9.17) is 9.47 Å². The number of rotatable bonds is 2. The van der Waals surface area contributed by atoms with Crippen molar-refractivity contribution >= 4 is 12.0 Å². The first-order chi connectivity index (χ1) is 16.1. The van der Waals surface area contributed by atoms with Crippen LogP contribution in [0, 0.1) is 11.6 Å². The molecule has 2 heterocycles. The first-order valence-electron chi connectivity index (χ1n) is 11.6. The van der Waals surface area contributed by atoms with Crippen LogP contribution >= 0.6 is 0 Å². The van der Waals surface area contributed by atoms with Gasteiger partial charge in [0.2, 0.25) is 0 Å². The van der Waals surface area contributed by atoms with E-state index in [-0.39, 0.29) is 18.1 Å². The second-order valence-corrected chi connectivity index (χ2v) is 9.66. The molecule has 4 rings (SSSR count). The number of benzene rings is 2. The molecule has 8 heteroatoms. The summed E-state index contributed by atoms with van der Waals surface area (Å²) in [5.74, 6) is -1.63. The smallest absolute Gasteiger partial charge is 0.410 e. The normalized spacial score (nSPS) is 21.0. The van der Waals surface area contributed by atoms with Crippen molar-refractivity contribution in [2.24, 2.45) is 0 Å². The minimum Gasteiger partial charge on any atom is -0.444 e. The van der Waals surface area contributed by atoms with Crippen LogP contribution in [-0.2, 0) is 20.7 Å². The number of halogens is 2. The molecule has 1 fully saturated rings. The molecular formula is C26H30F2N2O4. The summed E-state index contributed by atoms with van der Waals surface area (Å²) in [6.07, 6.45) is -0.293. The van der Waals surface area contributed by atoms with Crippen LogP contribution in [0.2, 0.25) is 0 Å². The third-order valence-electron chi connectivity index (χ3n) is 6.09. The molecule has 2 atom stereocenters. The molecule has 0 aliphatic carbocycles. The molecule has 2 aromatic rings. The Balaban J connectivity index is 1.57. The molecule has 2 aliphatic heterocycles. The van der Waals surface area contributed by atoms with E-state index in [2.05, 4.69) is 0 Å². The van der Waals surface area contributed by atoms with Crippen LogP contribution < -0.4 is 0 Å². The summed E-state index contributed by atoms with van der Waals surface area (Å²) in [4.78, 5) is 29.3. The number of carbonyl (C=O) groups is 2. The van der Waals surface area contributed by atoms with Crippen molar-refractivity contribution in [2.45, 2.75) is 51.4 Å². The van der Waals surface area contributed by atoms with E-state index in [1.54, 1.807) is 30.6 Å². The molecule has 0 bridgehead atoms. The van der Waals surface area contributed by atoms with Crippen molar-refractivity contribution < 1.29 is 27.8 Å². The van der Waals surface area contributed by atoms with Crippen molar-refractivity contribution in [3.63, 3.8) is 0 Å². The van der Waals surface area contributed by atoms with Crippen molar-refractivity contribution in [3.8, 4) is 0 Å². The topological polar surface area (TPSA) is 59.1 Å². The largest absolute Gasteiger partial charge is 0.444 e. The lowest BCUT2D eigenvalue weighted by atomic mass is 9.87. The molecule has 6 nitrogen and oxygen atoms in total. The van der Waals surface area contributed by atoms with E-state index >= 15 is 0 Å². The Morgan fingerprint density at radius 3 is 2.53 bits per heavy atom. The van der Waals surface area contributed by atoms with Gasteiger partial charge in [-0.05, 0) is 44.4 Å². The van der Waals surface area contributed by atoms with Gasteiger partial charge in [-0.1, -0.05) is 30.3 Å². The minimum atomic E-state index is -0.774. The van der Waals surface area contributed by atoms with E-state index in [1.807, 2.05) is 24.3 Å². The molecule has 0 saturated carbocycles. The summed E-state index contributed by atoms with van der Waals surface area (Å²) in [5.41, 5.74) is 1.47. The molecule has 34 heavy (non-hydrogen) atoms. The van der Waals surface area contributed by atoms with Gasteiger partial charge in [0.15, 0.2) is 0 Å². The summed E-state index contributed by atoms with van der Waals surface area (Å²) in [6, 6.07) is 10.4. The Hall–Kier alpha value is -3.00. The Kier molecular flexibility index (Phi) is 6.89. The highest BCUT2D eigenvalue weighted by atomic mass is 19.1. The third kappa shape index (κ3) is 5.22. The van der Waals surface area contributed by atoms with E-state index in [0.29, 0.717) is 32.5 Å². The van der Waals surface area contributed by atoms with Gasteiger partial charge < -0.3 is 19.3 Å². The fraction of sp³-hybridized carbons (Fsp3) is 0.462. The van der Waals surface area contributed by atoms with Crippen LogP contribution in [-0.4, -0.2) is 59.7 Å². The Morgan fingerprint density at radius 1 is 1.03 bits per heavy atom. The third-order valence-corrected chi connectivity index (χ3v) is 6.09. The number of hydrogen-bond donors (Lipinski definition) is 0. The molecule has 1 saturated heterocycles. The molecule has 0 aromatic heterocycles. The lowest BCUT2D eigenvalue weighted by Gasteiger charge is -2.39. The molecule has 0 radical (unpaired) electrons. The van der Waals surface area contributed by atoms with Crippen LogP contribution in [0.1, 0.15) is 49.9 Å². The zero-order valence-corrected chi connectivity index (χ0v) is 19.7. The van der Waals surface area contributed by atoms with Crippen LogP contribution in [0.15, 0.2) is 42.5 Å². The number of carbonyl (C=O) groups excluding carboxylic acids is 2. The minimum absolute atomic E-state index is 0.190. The van der Waals surface area contributed by atoms with Crippen molar-refractivity contribution in [3.05, 3.63) is 70.8 Å². The molecule has 182 valence electrons. The van der Waals surface area contributed by atoms with Gasteiger partial charge in [0.1, 0.15) is 23.3 Å². The van der Waals surface area contributed by atoms with Crippen molar-refractivity contribution in [1.29, 1.82) is 0 Å². The summed E-state index contributed by atoms with van der Waals surface area (Å²) in [5, 5.41) is 0. The molecule has 0 spiro atoms. The first-order valence-corrected chi connectivity index (χ1v) is 11.6. The van der Waals surface area contributed by atoms with Crippen LogP contribution in [0.5, 0.6) is 0 Å². The Labute approximate surface area is 198 Å². The van der Waals surface area contributed by atoms with E-state index < -0.39 is 35.5 Å². The number of amides is 2. The van der Waals surface area contributed by atoms with Gasteiger partial charge in [-0.2, -0.15) is 0 Å². The maximum Gasteiger partial charge on any atom is 0.410 e. The van der Waals surface area contributed by atoms with Crippen molar-refractivity contribution in [2.75, 3.05) is 26.2 Å². The van der Waals surface area contributed by atoms with Crippen LogP contribution in [0.3, 0.4) is 0 Å². The molecular weight excluding hydrogens is 442 g/mol. The summed E-state index contributed by atoms with van der Waals surface area (Å²) < 4.78 is 39.8. The van der Waals surface area contributed by atoms with Gasteiger partial charge in [-0.15, -0.1) is 0 Å². The summed E-state index contributed by atoms with van der Waals surface area (Å²) in [6.45, 7) is 6.60. The fourth-order valence-corrected chi connectivity index (χ4v) is 4.52. The molecule has 2 aliphatic rings. The quantitative estimate of drug-likeness (QED) is 0.648. The van der Waals surface area contributed by atoms with Gasteiger partial charge in [0.25, 0.3) is 5.91 Å². The van der Waals surface area contributed by atoms with Crippen molar-refractivity contribution in [1.82, 2.24) is 9.80 Å². The van der Waals surface area contributed by atoms with Crippen LogP contribution in [0.4, 0.5) is 13.6 Å². The average Bonchev–Trinajstić information content (AvgIpc) is 3.04. The number of nitrogens with zero attached hydrogens (tertiary/aromatic N) is 2. The number of hydrogen-bond acceptors (Lipinski definition) is 4. The maximum absolute atomic E-state index is 14.9. The highest BCUT2D eigenvalue weighted by molar-refractivity contribution is 5.82. The predicted octanol–water partition coefficient (Wildman–Crippen LogP) is 4.46. The van der Waals surface area contributed by atoms with Gasteiger partial charge in [0.05, 0.1) is 12.6 Å². The summed E-state index contributed by atoms with van der Waals surface area (Å²) >= 11 is 0. The lowest BCUT2D eigenvalue weighted by molar-refractivity contribution is -0.145. The van der Waals surface area contributed by atoms with E-state index in [0.717, 1.165) is 17.2 Å². The predicted molar refractivity (Wildman–Crippen MR) is 122 cm³/mol. The summed E-state index contributed by atoms with van der Waals surface area (Å²) in [7, 11) is 0. The standard InChI is InChI=1S/C26H30F2N2O4/c1-26(2,3)34-25(32)29-12-11-22(33-15-14-29)24(31)30-13-10-17-6-4-5-7-19(17)23(30)20-9-8-18(27)16-21(20)28/h4-9,16,22-23H,10-15H2,1-3H3/t22-,23-/m1/s1. The number of fused-ring (bicyclic) bond motifs is 1. The van der Waals surface area contributed by atoms with E-state index in [9.17, 15) is 18.4 Å². The molecule has 0 unspecified atom stereocenters. The van der Waals surface area contributed by atoms with Gasteiger partial charge >= 0.3 is 6.09 Å². The Morgan fingerprint density at radius 2 is 1.79 bits per heavy atom. The zero-order chi connectivity index (χ0) is 24.5.